The molecular weight excluding hydrogens is 220 g/mol. The molecule has 1 heterocycles. The van der Waals surface area contributed by atoms with Crippen molar-refractivity contribution in [3.8, 4) is 0 Å². The predicted molar refractivity (Wildman–Crippen MR) is 64.7 cm³/mol. The molecule has 0 aliphatic carbocycles. The third-order valence-electron chi connectivity index (χ3n) is 3.44. The molecular formula is C12H22N2O3. The number of rotatable bonds is 5. The summed E-state index contributed by atoms with van der Waals surface area (Å²) in [5.41, 5.74) is -0.659. The highest BCUT2D eigenvalue weighted by Crippen LogP contribution is 2.30. The molecule has 0 aromatic rings. The molecule has 1 amide bonds. The topological polar surface area (TPSA) is 69.6 Å². The molecule has 1 aliphatic heterocycles. The second-order valence-electron chi connectivity index (χ2n) is 4.92. The third-order valence-corrected chi connectivity index (χ3v) is 3.44. The van der Waals surface area contributed by atoms with Crippen molar-refractivity contribution in [2.24, 2.45) is 5.41 Å². The zero-order valence-corrected chi connectivity index (χ0v) is 10.7. The number of hydrogen-bond donors (Lipinski definition) is 2. The Labute approximate surface area is 102 Å². The van der Waals surface area contributed by atoms with Crippen LogP contribution in [0.5, 0.6) is 0 Å². The van der Waals surface area contributed by atoms with Gasteiger partial charge in [0.05, 0.1) is 12.0 Å². The van der Waals surface area contributed by atoms with Crippen molar-refractivity contribution in [3.05, 3.63) is 0 Å². The summed E-state index contributed by atoms with van der Waals surface area (Å²) in [5, 5.41) is 12.1. The van der Waals surface area contributed by atoms with Crippen LogP contribution in [0, 0.1) is 5.41 Å². The van der Waals surface area contributed by atoms with Gasteiger partial charge in [0.2, 0.25) is 5.91 Å². The van der Waals surface area contributed by atoms with Crippen molar-refractivity contribution in [2.75, 3.05) is 26.2 Å². The lowest BCUT2D eigenvalue weighted by Crippen LogP contribution is -2.47. The zero-order chi connectivity index (χ0) is 12.9. The largest absolute Gasteiger partial charge is 0.481 e. The van der Waals surface area contributed by atoms with E-state index >= 15 is 0 Å². The minimum Gasteiger partial charge on any atom is -0.481 e. The number of aliphatic carboxylic acids is 1. The number of nitrogens with zero attached hydrogens (tertiary/aromatic N) is 1. The first-order valence-electron chi connectivity index (χ1n) is 6.21. The lowest BCUT2D eigenvalue weighted by Gasteiger charge is -2.36. The van der Waals surface area contributed by atoms with Crippen LogP contribution in [-0.4, -0.2) is 48.1 Å². The van der Waals surface area contributed by atoms with Gasteiger partial charge in [-0.2, -0.15) is 0 Å². The van der Waals surface area contributed by atoms with Crippen LogP contribution in [0.4, 0.5) is 0 Å². The van der Waals surface area contributed by atoms with Gasteiger partial charge in [0.15, 0.2) is 0 Å². The lowest BCUT2D eigenvalue weighted by atomic mass is 9.80. The summed E-state index contributed by atoms with van der Waals surface area (Å²) >= 11 is 0. The fourth-order valence-electron chi connectivity index (χ4n) is 1.95. The zero-order valence-electron chi connectivity index (χ0n) is 10.7. The smallest absolute Gasteiger partial charge is 0.309 e. The van der Waals surface area contributed by atoms with E-state index in [2.05, 4.69) is 12.2 Å². The van der Waals surface area contributed by atoms with Crippen molar-refractivity contribution in [3.63, 3.8) is 0 Å². The first kappa shape index (κ1) is 14.0. The van der Waals surface area contributed by atoms with Gasteiger partial charge in [-0.1, -0.05) is 6.92 Å². The van der Waals surface area contributed by atoms with Gasteiger partial charge < -0.3 is 15.3 Å². The summed E-state index contributed by atoms with van der Waals surface area (Å²) in [6.45, 7) is 6.11. The summed E-state index contributed by atoms with van der Waals surface area (Å²) in [6, 6.07) is 0. The number of amides is 1. The molecule has 1 saturated heterocycles. The molecule has 1 fully saturated rings. The van der Waals surface area contributed by atoms with E-state index in [0.29, 0.717) is 32.5 Å². The molecule has 1 rings (SSSR count). The maximum absolute atomic E-state index is 11.8. The molecule has 0 bridgehead atoms. The van der Waals surface area contributed by atoms with Gasteiger partial charge in [0.1, 0.15) is 0 Å². The molecule has 0 saturated carbocycles. The number of hydrogen-bond acceptors (Lipinski definition) is 3. The van der Waals surface area contributed by atoms with Crippen molar-refractivity contribution < 1.29 is 14.7 Å². The first-order chi connectivity index (χ1) is 7.99. The highest BCUT2D eigenvalue weighted by molar-refractivity contribution is 5.79. The van der Waals surface area contributed by atoms with Gasteiger partial charge in [0, 0.05) is 13.1 Å². The van der Waals surface area contributed by atoms with Gasteiger partial charge in [-0.3, -0.25) is 9.59 Å². The van der Waals surface area contributed by atoms with E-state index in [-0.39, 0.29) is 5.91 Å². The summed E-state index contributed by atoms with van der Waals surface area (Å²) in [5.74, 6) is -0.681. The van der Waals surface area contributed by atoms with Crippen molar-refractivity contribution in [2.45, 2.75) is 33.1 Å². The lowest BCUT2D eigenvalue weighted by molar-refractivity contribution is -0.152. The molecule has 0 spiro atoms. The van der Waals surface area contributed by atoms with Gasteiger partial charge in [-0.25, -0.2) is 0 Å². The first-order valence-corrected chi connectivity index (χ1v) is 6.21. The Bertz CT molecular complexity index is 283. The molecule has 2 N–H and O–H groups in total. The Kier molecular flexibility index (Phi) is 4.93. The van der Waals surface area contributed by atoms with E-state index in [4.69, 9.17) is 5.11 Å². The number of piperidine rings is 1. The molecule has 98 valence electrons. The Hall–Kier alpha value is -1.10. The molecule has 17 heavy (non-hydrogen) atoms. The molecule has 1 aliphatic rings. The van der Waals surface area contributed by atoms with Crippen molar-refractivity contribution in [1.82, 2.24) is 10.2 Å². The average molecular weight is 242 g/mol. The van der Waals surface area contributed by atoms with E-state index in [1.54, 1.807) is 11.8 Å². The Morgan fingerprint density at radius 3 is 2.41 bits per heavy atom. The quantitative estimate of drug-likeness (QED) is 0.696. The molecule has 0 radical (unpaired) electrons. The summed E-state index contributed by atoms with van der Waals surface area (Å²) in [6.07, 6.45) is 2.09. The predicted octanol–water partition coefficient (Wildman–Crippen LogP) is 0.699. The minimum atomic E-state index is -0.756. The van der Waals surface area contributed by atoms with Gasteiger partial charge >= 0.3 is 5.97 Å². The average Bonchev–Trinajstić information content (AvgIpc) is 2.30. The number of carboxylic acids is 1. The van der Waals surface area contributed by atoms with Crippen LogP contribution in [0.2, 0.25) is 0 Å². The number of nitrogens with one attached hydrogen (secondary N) is 1. The SMILES string of the molecule is CCCNCC(=O)N1CCC(C)(C(=O)O)CC1. The summed E-state index contributed by atoms with van der Waals surface area (Å²) < 4.78 is 0. The second kappa shape index (κ2) is 6.00. The van der Waals surface area contributed by atoms with E-state index in [1.165, 1.54) is 0 Å². The van der Waals surface area contributed by atoms with Gasteiger partial charge in [-0.05, 0) is 32.7 Å². The van der Waals surface area contributed by atoms with Crippen LogP contribution in [0.1, 0.15) is 33.1 Å². The van der Waals surface area contributed by atoms with Crippen LogP contribution in [0.25, 0.3) is 0 Å². The van der Waals surface area contributed by atoms with Crippen LogP contribution in [0.15, 0.2) is 0 Å². The Morgan fingerprint density at radius 2 is 1.94 bits per heavy atom. The molecule has 0 aromatic carbocycles. The number of carbonyl (C=O) groups is 2. The third kappa shape index (κ3) is 3.70. The van der Waals surface area contributed by atoms with Crippen LogP contribution in [-0.2, 0) is 9.59 Å². The van der Waals surface area contributed by atoms with E-state index < -0.39 is 11.4 Å². The fraction of sp³-hybridized carbons (Fsp3) is 0.833. The highest BCUT2D eigenvalue weighted by Gasteiger charge is 2.37. The maximum Gasteiger partial charge on any atom is 0.309 e. The number of likely N-dealkylation sites (tertiary alicyclic amines) is 1. The number of carbonyl (C=O) groups excluding carboxylic acids is 1. The van der Waals surface area contributed by atoms with E-state index in [0.717, 1.165) is 13.0 Å². The van der Waals surface area contributed by atoms with Crippen LogP contribution < -0.4 is 5.32 Å². The minimum absolute atomic E-state index is 0.0749. The summed E-state index contributed by atoms with van der Waals surface area (Å²) in [4.78, 5) is 24.6. The number of carboxylic acid groups (broad SMARTS) is 1. The normalized spacial score (nSPS) is 19.1. The molecule has 0 unspecified atom stereocenters. The van der Waals surface area contributed by atoms with Crippen molar-refractivity contribution >= 4 is 11.9 Å². The molecule has 5 nitrogen and oxygen atoms in total. The monoisotopic (exact) mass is 242 g/mol. The standard InChI is InChI=1S/C12H22N2O3/c1-3-6-13-9-10(15)14-7-4-12(2,5-8-14)11(16)17/h13H,3-9H2,1-2H3,(H,16,17). The van der Waals surface area contributed by atoms with Gasteiger partial charge in [-0.15, -0.1) is 0 Å². The molecule has 0 atom stereocenters. The maximum atomic E-state index is 11.8. The molecule has 0 aromatic heterocycles. The summed E-state index contributed by atoms with van der Waals surface area (Å²) in [7, 11) is 0. The Balaban J connectivity index is 2.36. The molecule has 5 heteroatoms. The van der Waals surface area contributed by atoms with E-state index in [9.17, 15) is 9.59 Å². The van der Waals surface area contributed by atoms with Crippen LogP contribution >= 0.6 is 0 Å². The van der Waals surface area contributed by atoms with E-state index in [1.807, 2.05) is 0 Å². The van der Waals surface area contributed by atoms with Crippen LogP contribution in [0.3, 0.4) is 0 Å². The van der Waals surface area contributed by atoms with Gasteiger partial charge in [0.25, 0.3) is 0 Å². The second-order valence-corrected chi connectivity index (χ2v) is 4.92. The highest BCUT2D eigenvalue weighted by atomic mass is 16.4. The Morgan fingerprint density at radius 1 is 1.35 bits per heavy atom. The fourth-order valence-corrected chi connectivity index (χ4v) is 1.95. The van der Waals surface area contributed by atoms with Crippen molar-refractivity contribution in [1.29, 1.82) is 0 Å².